The van der Waals surface area contributed by atoms with E-state index in [4.69, 9.17) is 0 Å². The van der Waals surface area contributed by atoms with Gasteiger partial charge in [-0.25, -0.2) is 0 Å². The third-order valence-corrected chi connectivity index (χ3v) is 7.29. The molecule has 0 heterocycles. The summed E-state index contributed by atoms with van der Waals surface area (Å²) in [7, 11) is 0. The molecule has 0 saturated heterocycles. The zero-order valence-electron chi connectivity index (χ0n) is 27.4. The topological polar surface area (TPSA) is 80.3 Å². The molecule has 0 amide bonds. The predicted molar refractivity (Wildman–Crippen MR) is 169 cm³/mol. The summed E-state index contributed by atoms with van der Waals surface area (Å²) in [6.07, 6.45) is 41.8. The van der Waals surface area contributed by atoms with Gasteiger partial charge in [0.25, 0.3) is 0 Å². The van der Waals surface area contributed by atoms with Crippen molar-refractivity contribution < 1.29 is 53.6 Å². The second kappa shape index (κ2) is 44.9. The Bertz CT molecular complexity index is 531. The minimum atomic E-state index is -0.914. The number of carboxylic acid groups (broad SMARTS) is 2. The summed E-state index contributed by atoms with van der Waals surface area (Å²) in [5.74, 6) is -1.83. The molecule has 0 aromatic carbocycles. The van der Waals surface area contributed by atoms with E-state index in [1.165, 1.54) is 128 Å². The first-order valence-electron chi connectivity index (χ1n) is 17.2. The number of rotatable bonds is 30. The van der Waals surface area contributed by atoms with E-state index in [2.05, 4.69) is 38.2 Å². The minimum absolute atomic E-state index is 0. The van der Waals surface area contributed by atoms with Crippen LogP contribution in [0.15, 0.2) is 24.3 Å². The van der Waals surface area contributed by atoms with Crippen LogP contribution in [0.3, 0.4) is 0 Å². The van der Waals surface area contributed by atoms with Crippen LogP contribution in [0.4, 0.5) is 0 Å². The molecule has 0 aliphatic heterocycles. The van der Waals surface area contributed by atoms with Crippen LogP contribution in [-0.4, -0.2) is 11.9 Å². The first-order valence-corrected chi connectivity index (χ1v) is 17.2. The van der Waals surface area contributed by atoms with Gasteiger partial charge in [-0.2, -0.15) is 0 Å². The van der Waals surface area contributed by atoms with Crippen LogP contribution in [-0.2, 0) is 43.4 Å². The molecule has 0 spiro atoms. The van der Waals surface area contributed by atoms with Gasteiger partial charge in [0, 0.05) is 29.0 Å². The van der Waals surface area contributed by atoms with Gasteiger partial charge in [-0.15, -0.1) is 0 Å². The molecule has 0 aromatic rings. The number of unbranched alkanes of at least 4 members (excludes halogenated alkanes) is 22. The molecule has 0 atom stereocenters. The Kier molecular flexibility index (Phi) is 51.7. The van der Waals surface area contributed by atoms with Gasteiger partial charge in [0.2, 0.25) is 0 Å². The van der Waals surface area contributed by atoms with Crippen molar-refractivity contribution in [2.75, 3.05) is 0 Å². The SMILES string of the molecule is CCCCCCCC/C=C\CCCCCCCC(=O)[O-].CCCCCCCC/C=C\CCCCCCCC(=O)[O-].[Co+2].[Fe]. The van der Waals surface area contributed by atoms with Crippen LogP contribution in [0, 0.1) is 0 Å². The maximum atomic E-state index is 10.2. The molecule has 4 nitrogen and oxygen atoms in total. The summed E-state index contributed by atoms with van der Waals surface area (Å²) in [5, 5.41) is 20.4. The molecule has 0 aliphatic rings. The molecule has 6 heteroatoms. The summed E-state index contributed by atoms with van der Waals surface area (Å²) >= 11 is 0. The van der Waals surface area contributed by atoms with Gasteiger partial charge in [0.15, 0.2) is 0 Å². The Labute approximate surface area is 282 Å². The number of carboxylic acids is 2. The summed E-state index contributed by atoms with van der Waals surface area (Å²) in [6.45, 7) is 4.51. The smallest absolute Gasteiger partial charge is 0.550 e. The third kappa shape index (κ3) is 52.1. The summed E-state index contributed by atoms with van der Waals surface area (Å²) in [6, 6.07) is 0. The van der Waals surface area contributed by atoms with Crippen molar-refractivity contribution in [1.82, 2.24) is 0 Å². The molecule has 0 aliphatic carbocycles. The van der Waals surface area contributed by atoms with Crippen LogP contribution in [0.5, 0.6) is 0 Å². The number of allylic oxidation sites excluding steroid dienone is 4. The Morgan fingerprint density at radius 2 is 0.619 bits per heavy atom. The van der Waals surface area contributed by atoms with E-state index in [1.54, 1.807) is 0 Å². The Morgan fingerprint density at radius 3 is 0.857 bits per heavy atom. The first-order chi connectivity index (χ1) is 19.5. The van der Waals surface area contributed by atoms with Crippen molar-refractivity contribution in [3.63, 3.8) is 0 Å². The standard InChI is InChI=1S/2C18H34O2.Co.Fe/c2*1-2-3-4-5-6-7-8-9-10-11-12-13-14-15-16-17-18(19)20;;/h2*9-10H,2-8,11-17H2,1H3,(H,19,20);;/q;;+2;/p-2/b2*10-9-;;. The van der Waals surface area contributed by atoms with Crippen LogP contribution in [0.2, 0.25) is 0 Å². The summed E-state index contributed by atoms with van der Waals surface area (Å²) < 4.78 is 0. The maximum Gasteiger partial charge on any atom is 2.00 e. The largest absolute Gasteiger partial charge is 2.00 e. The molecule has 0 fully saturated rings. The molecule has 0 unspecified atom stereocenters. The van der Waals surface area contributed by atoms with Gasteiger partial charge in [-0.3, -0.25) is 0 Å². The fourth-order valence-corrected chi connectivity index (χ4v) is 4.68. The van der Waals surface area contributed by atoms with Crippen LogP contribution < -0.4 is 10.2 Å². The quantitative estimate of drug-likeness (QED) is 0.0431. The van der Waals surface area contributed by atoms with Gasteiger partial charge < -0.3 is 19.8 Å². The molecule has 0 saturated carbocycles. The minimum Gasteiger partial charge on any atom is -0.550 e. The van der Waals surface area contributed by atoms with E-state index in [-0.39, 0.29) is 46.7 Å². The van der Waals surface area contributed by atoms with Crippen molar-refractivity contribution in [2.24, 2.45) is 0 Å². The number of carbonyl (C=O) groups excluding carboxylic acids is 2. The number of hydrogen-bond acceptors (Lipinski definition) is 4. The average Bonchev–Trinajstić information content (AvgIpc) is 2.93. The fraction of sp³-hybridized carbons (Fsp3) is 0.833. The van der Waals surface area contributed by atoms with Crippen LogP contribution >= 0.6 is 0 Å². The van der Waals surface area contributed by atoms with E-state index < -0.39 is 11.9 Å². The van der Waals surface area contributed by atoms with Crippen LogP contribution in [0.25, 0.3) is 0 Å². The maximum absolute atomic E-state index is 10.2. The molecule has 0 rings (SSSR count). The normalized spacial score (nSPS) is 10.7. The first kappa shape index (κ1) is 48.4. The molecule has 0 aromatic heterocycles. The second-order valence-electron chi connectivity index (χ2n) is 11.4. The summed E-state index contributed by atoms with van der Waals surface area (Å²) in [5.41, 5.74) is 0. The molecule has 1 radical (unpaired) electrons. The van der Waals surface area contributed by atoms with Gasteiger partial charge in [0.1, 0.15) is 0 Å². The average molecular weight is 678 g/mol. The van der Waals surface area contributed by atoms with Crippen molar-refractivity contribution >= 4 is 11.9 Å². The van der Waals surface area contributed by atoms with E-state index in [9.17, 15) is 19.8 Å². The third-order valence-electron chi connectivity index (χ3n) is 7.29. The zero-order chi connectivity index (χ0) is 29.8. The second-order valence-corrected chi connectivity index (χ2v) is 11.4. The zero-order valence-corrected chi connectivity index (χ0v) is 29.6. The van der Waals surface area contributed by atoms with Gasteiger partial charge >= 0.3 is 16.8 Å². The predicted octanol–water partition coefficient (Wildman–Crippen LogP) is 9.54. The van der Waals surface area contributed by atoms with Crippen molar-refractivity contribution in [3.8, 4) is 0 Å². The molecule has 251 valence electrons. The van der Waals surface area contributed by atoms with Crippen molar-refractivity contribution in [2.45, 2.75) is 194 Å². The van der Waals surface area contributed by atoms with E-state index in [0.717, 1.165) is 38.5 Å². The Balaban J connectivity index is -0.000000328. The number of aliphatic carboxylic acids is 2. The molecule has 0 bridgehead atoms. The van der Waals surface area contributed by atoms with Gasteiger partial charge in [-0.1, -0.05) is 141 Å². The van der Waals surface area contributed by atoms with E-state index >= 15 is 0 Å². The molecule has 0 N–H and O–H groups in total. The Morgan fingerprint density at radius 1 is 0.405 bits per heavy atom. The van der Waals surface area contributed by atoms with E-state index in [1.807, 2.05) is 0 Å². The van der Waals surface area contributed by atoms with Gasteiger partial charge in [-0.05, 0) is 77.0 Å². The summed E-state index contributed by atoms with van der Waals surface area (Å²) in [4.78, 5) is 20.4. The molecular formula is C36H66CoFeO4. The monoisotopic (exact) mass is 677 g/mol. The molecule has 42 heavy (non-hydrogen) atoms. The fourth-order valence-electron chi connectivity index (χ4n) is 4.68. The number of carbonyl (C=O) groups is 2. The molecular weight excluding hydrogens is 611 g/mol. The van der Waals surface area contributed by atoms with Gasteiger partial charge in [0.05, 0.1) is 0 Å². The van der Waals surface area contributed by atoms with Crippen molar-refractivity contribution in [3.05, 3.63) is 24.3 Å². The van der Waals surface area contributed by atoms with Crippen LogP contribution in [0.1, 0.15) is 194 Å². The van der Waals surface area contributed by atoms with E-state index in [0.29, 0.717) is 0 Å². The Hall–Kier alpha value is -0.554. The van der Waals surface area contributed by atoms with Crippen molar-refractivity contribution in [1.29, 1.82) is 0 Å². The number of hydrogen-bond donors (Lipinski definition) is 0.